The fourth-order valence-electron chi connectivity index (χ4n) is 1.95. The third-order valence-electron chi connectivity index (χ3n) is 2.80. The van der Waals surface area contributed by atoms with Gasteiger partial charge in [-0.25, -0.2) is 0 Å². The summed E-state index contributed by atoms with van der Waals surface area (Å²) in [5.74, 6) is 0.938. The van der Waals surface area contributed by atoms with Crippen molar-refractivity contribution >= 4 is 17.3 Å². The molecule has 1 aromatic carbocycles. The van der Waals surface area contributed by atoms with Gasteiger partial charge in [-0.2, -0.15) is 0 Å². The third-order valence-corrected chi connectivity index (χ3v) is 3.03. The van der Waals surface area contributed by atoms with Gasteiger partial charge >= 0.3 is 0 Å². The van der Waals surface area contributed by atoms with E-state index in [-0.39, 0.29) is 0 Å². The van der Waals surface area contributed by atoms with Crippen LogP contribution in [0.2, 0.25) is 5.02 Å². The van der Waals surface area contributed by atoms with E-state index in [1.165, 1.54) is 5.56 Å². The molecule has 0 aliphatic carbocycles. The summed E-state index contributed by atoms with van der Waals surface area (Å²) in [6, 6.07) is 9.82. The molecule has 1 N–H and O–H groups in total. The Balaban J connectivity index is 2.22. The number of hydrogen-bond donors (Lipinski definition) is 1. The Morgan fingerprint density at radius 3 is 2.83 bits per heavy atom. The van der Waals surface area contributed by atoms with E-state index in [9.17, 15) is 0 Å². The Morgan fingerprint density at radius 1 is 1.33 bits per heavy atom. The van der Waals surface area contributed by atoms with Crippen LogP contribution in [-0.2, 0) is 13.1 Å². The minimum absolute atomic E-state index is 0.726. The summed E-state index contributed by atoms with van der Waals surface area (Å²) in [6.07, 6.45) is 1.69. The van der Waals surface area contributed by atoms with Crippen LogP contribution in [0.1, 0.15) is 11.3 Å². The standard InChI is InChI=1S/C14H17ClN2O/c1-16-9-11-5-6-12(15)8-14(11)17(2)10-13-4-3-7-18-13/h3-8,16H,9-10H2,1-2H3. The first-order valence-electron chi connectivity index (χ1n) is 5.87. The lowest BCUT2D eigenvalue weighted by atomic mass is 10.1. The maximum atomic E-state index is 6.07. The van der Waals surface area contributed by atoms with E-state index >= 15 is 0 Å². The molecule has 4 heteroatoms. The van der Waals surface area contributed by atoms with Crippen molar-refractivity contribution < 1.29 is 4.42 Å². The lowest BCUT2D eigenvalue weighted by molar-refractivity contribution is 0.507. The molecule has 0 saturated carbocycles. The lowest BCUT2D eigenvalue weighted by Gasteiger charge is -2.21. The maximum absolute atomic E-state index is 6.07. The van der Waals surface area contributed by atoms with Gasteiger partial charge in [-0.1, -0.05) is 17.7 Å². The van der Waals surface area contributed by atoms with Crippen molar-refractivity contribution in [3.05, 3.63) is 52.9 Å². The molecular weight excluding hydrogens is 248 g/mol. The lowest BCUT2D eigenvalue weighted by Crippen LogP contribution is -2.19. The van der Waals surface area contributed by atoms with Crippen molar-refractivity contribution in [3.63, 3.8) is 0 Å². The quantitative estimate of drug-likeness (QED) is 0.898. The Kier molecular flexibility index (Phi) is 4.28. The highest BCUT2D eigenvalue weighted by Gasteiger charge is 2.09. The smallest absolute Gasteiger partial charge is 0.123 e. The molecule has 0 amide bonds. The third kappa shape index (κ3) is 3.06. The molecule has 0 fully saturated rings. The fourth-order valence-corrected chi connectivity index (χ4v) is 2.12. The van der Waals surface area contributed by atoms with Crippen LogP contribution in [0.5, 0.6) is 0 Å². The predicted octanol–water partition coefficient (Wildman–Crippen LogP) is 3.29. The molecule has 0 saturated heterocycles. The number of furan rings is 1. The molecule has 0 radical (unpaired) electrons. The van der Waals surface area contributed by atoms with Gasteiger partial charge in [0.1, 0.15) is 5.76 Å². The molecule has 0 aliphatic heterocycles. The van der Waals surface area contributed by atoms with Gasteiger partial charge in [-0.3, -0.25) is 0 Å². The van der Waals surface area contributed by atoms with Crippen molar-refractivity contribution in [2.45, 2.75) is 13.1 Å². The minimum Gasteiger partial charge on any atom is -0.467 e. The molecule has 0 aliphatic rings. The van der Waals surface area contributed by atoms with E-state index in [2.05, 4.69) is 10.2 Å². The van der Waals surface area contributed by atoms with Gasteiger partial charge in [0, 0.05) is 24.3 Å². The van der Waals surface area contributed by atoms with Crippen LogP contribution >= 0.6 is 11.6 Å². The second kappa shape index (κ2) is 5.94. The first-order valence-corrected chi connectivity index (χ1v) is 6.25. The molecule has 0 spiro atoms. The molecule has 2 rings (SSSR count). The van der Waals surface area contributed by atoms with Crippen LogP contribution in [0.3, 0.4) is 0 Å². The molecule has 96 valence electrons. The highest BCUT2D eigenvalue weighted by molar-refractivity contribution is 6.30. The van der Waals surface area contributed by atoms with Crippen molar-refractivity contribution in [3.8, 4) is 0 Å². The highest BCUT2D eigenvalue weighted by atomic mass is 35.5. The molecule has 1 aromatic heterocycles. The maximum Gasteiger partial charge on any atom is 0.123 e. The average Bonchev–Trinajstić information content (AvgIpc) is 2.84. The SMILES string of the molecule is CNCc1ccc(Cl)cc1N(C)Cc1ccco1. The van der Waals surface area contributed by atoms with Crippen LogP contribution < -0.4 is 10.2 Å². The van der Waals surface area contributed by atoms with Gasteiger partial charge in [0.15, 0.2) is 0 Å². The van der Waals surface area contributed by atoms with Crippen LogP contribution in [-0.4, -0.2) is 14.1 Å². The Bertz CT molecular complexity index is 497. The number of benzene rings is 1. The van der Waals surface area contributed by atoms with Crippen molar-refractivity contribution in [2.75, 3.05) is 19.0 Å². The Hall–Kier alpha value is -1.45. The van der Waals surface area contributed by atoms with Gasteiger partial charge in [0.2, 0.25) is 0 Å². The Morgan fingerprint density at radius 2 is 2.17 bits per heavy atom. The summed E-state index contributed by atoms with van der Waals surface area (Å²) in [6.45, 7) is 1.54. The first kappa shape index (κ1) is 13.0. The molecule has 2 aromatic rings. The fraction of sp³-hybridized carbons (Fsp3) is 0.286. The minimum atomic E-state index is 0.726. The number of nitrogens with one attached hydrogen (secondary N) is 1. The van der Waals surface area contributed by atoms with Crippen LogP contribution in [0.25, 0.3) is 0 Å². The summed E-state index contributed by atoms with van der Waals surface area (Å²) in [4.78, 5) is 2.14. The number of hydrogen-bond acceptors (Lipinski definition) is 3. The van der Waals surface area contributed by atoms with E-state index in [4.69, 9.17) is 16.0 Å². The summed E-state index contributed by atoms with van der Waals surface area (Å²) in [5.41, 5.74) is 2.34. The Labute approximate surface area is 112 Å². The first-order chi connectivity index (χ1) is 8.70. The number of halogens is 1. The molecule has 1 heterocycles. The van der Waals surface area contributed by atoms with Crippen LogP contribution in [0.15, 0.2) is 41.0 Å². The summed E-state index contributed by atoms with van der Waals surface area (Å²) in [5, 5.41) is 3.91. The zero-order valence-corrected chi connectivity index (χ0v) is 11.4. The van der Waals surface area contributed by atoms with Gasteiger partial charge in [0.05, 0.1) is 12.8 Å². The number of rotatable bonds is 5. The van der Waals surface area contributed by atoms with E-state index in [1.807, 2.05) is 44.4 Å². The molecule has 0 atom stereocenters. The van der Waals surface area contributed by atoms with Crippen LogP contribution in [0.4, 0.5) is 5.69 Å². The predicted molar refractivity (Wildman–Crippen MR) is 75.0 cm³/mol. The van der Waals surface area contributed by atoms with Gasteiger partial charge in [0.25, 0.3) is 0 Å². The molecular formula is C14H17ClN2O. The van der Waals surface area contributed by atoms with Crippen molar-refractivity contribution in [1.29, 1.82) is 0 Å². The second-order valence-electron chi connectivity index (χ2n) is 4.24. The zero-order valence-electron chi connectivity index (χ0n) is 10.6. The molecule has 3 nitrogen and oxygen atoms in total. The summed E-state index contributed by atoms with van der Waals surface area (Å²) < 4.78 is 5.37. The van der Waals surface area contributed by atoms with E-state index in [0.717, 1.165) is 29.6 Å². The monoisotopic (exact) mass is 264 g/mol. The van der Waals surface area contributed by atoms with Crippen LogP contribution in [0, 0.1) is 0 Å². The topological polar surface area (TPSA) is 28.4 Å². The largest absolute Gasteiger partial charge is 0.467 e. The van der Waals surface area contributed by atoms with E-state index in [1.54, 1.807) is 6.26 Å². The average molecular weight is 265 g/mol. The zero-order chi connectivity index (χ0) is 13.0. The number of nitrogens with zero attached hydrogens (tertiary/aromatic N) is 1. The normalized spacial score (nSPS) is 10.6. The van der Waals surface area contributed by atoms with Gasteiger partial charge < -0.3 is 14.6 Å². The molecule has 0 bridgehead atoms. The van der Waals surface area contributed by atoms with Crippen molar-refractivity contribution in [1.82, 2.24) is 5.32 Å². The number of anilines is 1. The summed E-state index contributed by atoms with van der Waals surface area (Å²) in [7, 11) is 3.97. The van der Waals surface area contributed by atoms with E-state index < -0.39 is 0 Å². The van der Waals surface area contributed by atoms with Gasteiger partial charge in [-0.15, -0.1) is 0 Å². The highest BCUT2D eigenvalue weighted by Crippen LogP contribution is 2.25. The summed E-state index contributed by atoms with van der Waals surface area (Å²) >= 11 is 6.07. The van der Waals surface area contributed by atoms with Gasteiger partial charge in [-0.05, 0) is 36.9 Å². The van der Waals surface area contributed by atoms with E-state index in [0.29, 0.717) is 0 Å². The molecule has 18 heavy (non-hydrogen) atoms. The second-order valence-corrected chi connectivity index (χ2v) is 4.68. The molecule has 0 unspecified atom stereocenters. The van der Waals surface area contributed by atoms with Crippen molar-refractivity contribution in [2.24, 2.45) is 0 Å².